The van der Waals surface area contributed by atoms with Gasteiger partial charge in [0, 0.05) is 23.1 Å². The molecule has 0 aliphatic rings. The molecule has 1 N–H and O–H groups in total. The molecule has 0 fully saturated rings. The summed E-state index contributed by atoms with van der Waals surface area (Å²) in [6.07, 6.45) is 3.39. The normalized spacial score (nSPS) is 10.3. The summed E-state index contributed by atoms with van der Waals surface area (Å²) in [7, 11) is 0. The number of nitrogens with one attached hydrogen (secondary N) is 1. The number of nitrogens with zero attached hydrogens (tertiary/aromatic N) is 3. The van der Waals surface area contributed by atoms with Crippen LogP contribution in [0.5, 0.6) is 5.88 Å². The predicted octanol–water partition coefficient (Wildman–Crippen LogP) is 4.33. The highest BCUT2D eigenvalue weighted by Gasteiger charge is 2.09. The standard InChI is InChI=1S/C17H15ClN4O/c1-2-23-16-14(7-4-9-19-16)15-8-10-20-17(22-15)21-13-6-3-5-12(18)11-13/h3-11H,2H2,1H3,(H,20,21,22). The van der Waals surface area contributed by atoms with Gasteiger partial charge in [-0.3, -0.25) is 0 Å². The van der Waals surface area contributed by atoms with Crippen molar-refractivity contribution in [3.8, 4) is 17.1 Å². The van der Waals surface area contributed by atoms with E-state index in [1.165, 1.54) is 0 Å². The number of halogens is 1. The van der Waals surface area contributed by atoms with Gasteiger partial charge in [-0.05, 0) is 43.3 Å². The second-order valence-electron chi connectivity index (χ2n) is 4.69. The topological polar surface area (TPSA) is 59.9 Å². The molecule has 0 aliphatic carbocycles. The summed E-state index contributed by atoms with van der Waals surface area (Å²) in [5.41, 5.74) is 2.39. The predicted molar refractivity (Wildman–Crippen MR) is 91.2 cm³/mol. The second-order valence-corrected chi connectivity index (χ2v) is 5.13. The number of rotatable bonds is 5. The van der Waals surface area contributed by atoms with Crippen LogP contribution in [0.1, 0.15) is 6.92 Å². The van der Waals surface area contributed by atoms with Gasteiger partial charge in [-0.1, -0.05) is 17.7 Å². The van der Waals surface area contributed by atoms with Crippen molar-refractivity contribution in [2.45, 2.75) is 6.92 Å². The summed E-state index contributed by atoms with van der Waals surface area (Å²) in [4.78, 5) is 13.0. The number of pyridine rings is 1. The lowest BCUT2D eigenvalue weighted by Crippen LogP contribution is -2.00. The van der Waals surface area contributed by atoms with Crippen LogP contribution in [0.25, 0.3) is 11.3 Å². The molecule has 0 atom stereocenters. The van der Waals surface area contributed by atoms with Gasteiger partial charge in [0.2, 0.25) is 11.8 Å². The number of aromatic nitrogens is 3. The fourth-order valence-corrected chi connectivity index (χ4v) is 2.29. The van der Waals surface area contributed by atoms with Crippen LogP contribution in [0.15, 0.2) is 54.9 Å². The van der Waals surface area contributed by atoms with Crippen molar-refractivity contribution in [1.82, 2.24) is 15.0 Å². The van der Waals surface area contributed by atoms with Crippen molar-refractivity contribution in [1.29, 1.82) is 0 Å². The van der Waals surface area contributed by atoms with E-state index in [1.807, 2.05) is 49.4 Å². The van der Waals surface area contributed by atoms with Crippen LogP contribution in [0, 0.1) is 0 Å². The molecule has 5 nitrogen and oxygen atoms in total. The van der Waals surface area contributed by atoms with Crippen LogP contribution in [0.3, 0.4) is 0 Å². The summed E-state index contributed by atoms with van der Waals surface area (Å²) in [6.45, 7) is 2.47. The van der Waals surface area contributed by atoms with Crippen molar-refractivity contribution in [3.63, 3.8) is 0 Å². The summed E-state index contributed by atoms with van der Waals surface area (Å²) in [5.74, 6) is 1.04. The van der Waals surface area contributed by atoms with Gasteiger partial charge >= 0.3 is 0 Å². The third-order valence-electron chi connectivity index (χ3n) is 3.06. The van der Waals surface area contributed by atoms with Crippen molar-refractivity contribution < 1.29 is 4.74 Å². The molecule has 3 rings (SSSR count). The maximum Gasteiger partial charge on any atom is 0.227 e. The fourth-order valence-electron chi connectivity index (χ4n) is 2.10. The molecule has 0 amide bonds. The maximum atomic E-state index is 5.99. The molecule has 2 heterocycles. The lowest BCUT2D eigenvalue weighted by molar-refractivity contribution is 0.328. The van der Waals surface area contributed by atoms with Crippen LogP contribution in [0.4, 0.5) is 11.6 Å². The molecule has 0 saturated heterocycles. The average Bonchev–Trinajstić information content (AvgIpc) is 2.56. The molecule has 3 aromatic rings. The Morgan fingerprint density at radius 3 is 2.83 bits per heavy atom. The quantitative estimate of drug-likeness (QED) is 0.756. The van der Waals surface area contributed by atoms with Crippen LogP contribution >= 0.6 is 11.6 Å². The fraction of sp³-hybridized carbons (Fsp3) is 0.118. The SMILES string of the molecule is CCOc1ncccc1-c1ccnc(Nc2cccc(Cl)c2)n1. The van der Waals surface area contributed by atoms with E-state index in [0.29, 0.717) is 23.5 Å². The minimum absolute atomic E-state index is 0.482. The number of hydrogen-bond donors (Lipinski definition) is 1. The summed E-state index contributed by atoms with van der Waals surface area (Å²) in [5, 5.41) is 3.79. The van der Waals surface area contributed by atoms with E-state index in [4.69, 9.17) is 16.3 Å². The first-order valence-corrected chi connectivity index (χ1v) is 7.58. The van der Waals surface area contributed by atoms with E-state index in [0.717, 1.165) is 16.9 Å². The Hall–Kier alpha value is -2.66. The van der Waals surface area contributed by atoms with Gasteiger partial charge in [-0.25, -0.2) is 15.0 Å². The largest absolute Gasteiger partial charge is 0.477 e. The highest BCUT2D eigenvalue weighted by molar-refractivity contribution is 6.30. The lowest BCUT2D eigenvalue weighted by Gasteiger charge is -2.10. The first kappa shape index (κ1) is 15.2. The first-order chi connectivity index (χ1) is 11.3. The highest BCUT2D eigenvalue weighted by atomic mass is 35.5. The Kier molecular flexibility index (Phi) is 4.68. The Morgan fingerprint density at radius 2 is 2.00 bits per heavy atom. The van der Waals surface area contributed by atoms with Gasteiger partial charge in [0.25, 0.3) is 0 Å². The monoisotopic (exact) mass is 326 g/mol. The number of benzene rings is 1. The van der Waals surface area contributed by atoms with E-state index in [1.54, 1.807) is 12.4 Å². The third kappa shape index (κ3) is 3.76. The molecule has 0 spiro atoms. The summed E-state index contributed by atoms with van der Waals surface area (Å²) >= 11 is 5.99. The molecular formula is C17H15ClN4O. The molecule has 1 aromatic carbocycles. The molecule has 116 valence electrons. The zero-order valence-corrected chi connectivity index (χ0v) is 13.3. The smallest absolute Gasteiger partial charge is 0.227 e. The molecule has 6 heteroatoms. The number of anilines is 2. The van der Waals surface area contributed by atoms with Crippen LogP contribution in [-0.4, -0.2) is 21.6 Å². The zero-order chi connectivity index (χ0) is 16.1. The molecule has 0 bridgehead atoms. The Balaban J connectivity index is 1.91. The van der Waals surface area contributed by atoms with Crippen LogP contribution in [-0.2, 0) is 0 Å². The zero-order valence-electron chi connectivity index (χ0n) is 12.5. The maximum absolute atomic E-state index is 5.99. The Morgan fingerprint density at radius 1 is 1.09 bits per heavy atom. The lowest BCUT2D eigenvalue weighted by atomic mass is 10.2. The molecule has 2 aromatic heterocycles. The molecule has 0 unspecified atom stereocenters. The van der Waals surface area contributed by atoms with E-state index < -0.39 is 0 Å². The van der Waals surface area contributed by atoms with Gasteiger partial charge in [0.1, 0.15) is 0 Å². The minimum Gasteiger partial charge on any atom is -0.477 e. The van der Waals surface area contributed by atoms with Gasteiger partial charge < -0.3 is 10.1 Å². The molecule has 0 radical (unpaired) electrons. The molecule has 23 heavy (non-hydrogen) atoms. The Bertz CT molecular complexity index is 810. The minimum atomic E-state index is 0.482. The van der Waals surface area contributed by atoms with Gasteiger partial charge in [-0.15, -0.1) is 0 Å². The Labute approximate surface area is 139 Å². The van der Waals surface area contributed by atoms with Crippen molar-refractivity contribution in [3.05, 3.63) is 59.9 Å². The third-order valence-corrected chi connectivity index (χ3v) is 3.30. The van der Waals surface area contributed by atoms with Crippen LogP contribution < -0.4 is 10.1 Å². The van der Waals surface area contributed by atoms with Gasteiger partial charge in [0.05, 0.1) is 17.9 Å². The van der Waals surface area contributed by atoms with E-state index in [-0.39, 0.29) is 0 Å². The van der Waals surface area contributed by atoms with Crippen LogP contribution in [0.2, 0.25) is 5.02 Å². The second kappa shape index (κ2) is 7.07. The van der Waals surface area contributed by atoms with E-state index in [2.05, 4.69) is 20.3 Å². The molecule has 0 aliphatic heterocycles. The molecule has 0 saturated carbocycles. The summed E-state index contributed by atoms with van der Waals surface area (Å²) in [6, 6.07) is 13.0. The number of hydrogen-bond acceptors (Lipinski definition) is 5. The average molecular weight is 327 g/mol. The van der Waals surface area contributed by atoms with Gasteiger partial charge in [-0.2, -0.15) is 0 Å². The van der Waals surface area contributed by atoms with Crippen molar-refractivity contribution in [2.75, 3.05) is 11.9 Å². The molecular weight excluding hydrogens is 312 g/mol. The van der Waals surface area contributed by atoms with E-state index >= 15 is 0 Å². The summed E-state index contributed by atoms with van der Waals surface area (Å²) < 4.78 is 5.56. The van der Waals surface area contributed by atoms with Crippen molar-refractivity contribution in [2.24, 2.45) is 0 Å². The van der Waals surface area contributed by atoms with Gasteiger partial charge in [0.15, 0.2) is 0 Å². The van der Waals surface area contributed by atoms with Crippen molar-refractivity contribution >= 4 is 23.2 Å². The number of ether oxygens (including phenoxy) is 1. The highest BCUT2D eigenvalue weighted by Crippen LogP contribution is 2.27. The first-order valence-electron chi connectivity index (χ1n) is 7.20. The van der Waals surface area contributed by atoms with E-state index in [9.17, 15) is 0 Å².